The van der Waals surface area contributed by atoms with E-state index in [1.54, 1.807) is 6.08 Å². The van der Waals surface area contributed by atoms with Gasteiger partial charge in [-0.1, -0.05) is 60.2 Å². The summed E-state index contributed by atoms with van der Waals surface area (Å²) in [5.41, 5.74) is 3.34. The van der Waals surface area contributed by atoms with Crippen molar-refractivity contribution >= 4 is 17.9 Å². The lowest BCUT2D eigenvalue weighted by Crippen LogP contribution is -2.39. The highest BCUT2D eigenvalue weighted by Gasteiger charge is 2.35. The lowest BCUT2D eigenvalue weighted by Gasteiger charge is -2.19. The number of likely N-dealkylation sites (tertiary alicyclic amines) is 1. The van der Waals surface area contributed by atoms with E-state index in [-0.39, 0.29) is 23.8 Å². The molecule has 0 bridgehead atoms. The first kappa shape index (κ1) is 17.9. The largest absolute Gasteiger partial charge is 0.351 e. The molecule has 1 N–H and O–H groups in total. The number of carbonyl (C=O) groups excluding carboxylic acids is 2. The summed E-state index contributed by atoms with van der Waals surface area (Å²) >= 11 is 0. The van der Waals surface area contributed by atoms with Crippen LogP contribution >= 0.6 is 0 Å². The molecule has 4 heteroatoms. The van der Waals surface area contributed by atoms with Gasteiger partial charge in [0, 0.05) is 32.0 Å². The number of aryl methyl sites for hydroxylation is 1. The molecule has 0 saturated carbocycles. The van der Waals surface area contributed by atoms with E-state index < -0.39 is 0 Å². The third-order valence-corrected chi connectivity index (χ3v) is 4.74. The highest BCUT2D eigenvalue weighted by Crippen LogP contribution is 2.28. The Morgan fingerprint density at radius 3 is 2.38 bits per heavy atom. The Labute approximate surface area is 154 Å². The molecule has 26 heavy (non-hydrogen) atoms. The molecule has 1 saturated heterocycles. The van der Waals surface area contributed by atoms with E-state index in [1.165, 1.54) is 12.5 Å². The van der Waals surface area contributed by atoms with E-state index in [9.17, 15) is 9.59 Å². The maximum absolute atomic E-state index is 12.6. The van der Waals surface area contributed by atoms with Gasteiger partial charge in [0.15, 0.2) is 0 Å². The Kier molecular flexibility index (Phi) is 5.52. The fourth-order valence-electron chi connectivity index (χ4n) is 3.38. The third-order valence-electron chi connectivity index (χ3n) is 4.74. The molecule has 1 heterocycles. The number of benzene rings is 2. The molecule has 2 aromatic carbocycles. The van der Waals surface area contributed by atoms with Gasteiger partial charge in [0.05, 0.1) is 6.04 Å². The van der Waals surface area contributed by atoms with Crippen LogP contribution in [0.15, 0.2) is 60.7 Å². The number of hydrogen-bond donors (Lipinski definition) is 1. The van der Waals surface area contributed by atoms with Crippen molar-refractivity contribution in [3.63, 3.8) is 0 Å². The van der Waals surface area contributed by atoms with Crippen LogP contribution in [0.1, 0.15) is 29.5 Å². The van der Waals surface area contributed by atoms with Gasteiger partial charge in [0.2, 0.25) is 11.8 Å². The van der Waals surface area contributed by atoms with Crippen molar-refractivity contribution < 1.29 is 9.59 Å². The van der Waals surface area contributed by atoms with Crippen LogP contribution in [0.5, 0.6) is 0 Å². The summed E-state index contributed by atoms with van der Waals surface area (Å²) in [6, 6.07) is 18.0. The molecule has 2 amide bonds. The van der Waals surface area contributed by atoms with Gasteiger partial charge >= 0.3 is 0 Å². The molecular weight excluding hydrogens is 324 g/mol. The minimum absolute atomic E-state index is 0.0289. The van der Waals surface area contributed by atoms with Crippen LogP contribution in [0, 0.1) is 6.92 Å². The predicted octanol–water partition coefficient (Wildman–Crippen LogP) is 3.14. The van der Waals surface area contributed by atoms with Crippen LogP contribution in [-0.2, 0) is 9.59 Å². The summed E-state index contributed by atoms with van der Waals surface area (Å²) in [5, 5.41) is 3.01. The van der Waals surface area contributed by atoms with Gasteiger partial charge in [-0.05, 0) is 24.1 Å². The first-order chi connectivity index (χ1) is 12.5. The molecule has 0 aromatic heterocycles. The van der Waals surface area contributed by atoms with E-state index in [0.29, 0.717) is 13.1 Å². The Balaban J connectivity index is 1.74. The van der Waals surface area contributed by atoms with Gasteiger partial charge in [0.1, 0.15) is 0 Å². The molecule has 4 nitrogen and oxygen atoms in total. The van der Waals surface area contributed by atoms with Gasteiger partial charge in [-0.3, -0.25) is 9.59 Å². The SMILES string of the molecule is CC(=O)N[C@@H]1CN(C(=O)/C=C/c2ccccc2)C[C@H]1c1ccc(C)cc1. The molecule has 0 unspecified atom stereocenters. The van der Waals surface area contributed by atoms with Gasteiger partial charge < -0.3 is 10.2 Å². The van der Waals surface area contributed by atoms with Crippen LogP contribution in [0.3, 0.4) is 0 Å². The third kappa shape index (κ3) is 4.39. The van der Waals surface area contributed by atoms with Crippen molar-refractivity contribution in [2.45, 2.75) is 25.8 Å². The van der Waals surface area contributed by atoms with Crippen molar-refractivity contribution in [3.05, 3.63) is 77.4 Å². The number of amides is 2. The smallest absolute Gasteiger partial charge is 0.246 e. The molecule has 3 rings (SSSR count). The van der Waals surface area contributed by atoms with Crippen molar-refractivity contribution in [2.75, 3.05) is 13.1 Å². The maximum atomic E-state index is 12.6. The van der Waals surface area contributed by atoms with Gasteiger partial charge in [-0.25, -0.2) is 0 Å². The zero-order valence-corrected chi connectivity index (χ0v) is 15.2. The van der Waals surface area contributed by atoms with Crippen LogP contribution in [0.25, 0.3) is 6.08 Å². The van der Waals surface area contributed by atoms with E-state index >= 15 is 0 Å². The van der Waals surface area contributed by atoms with Crippen molar-refractivity contribution in [2.24, 2.45) is 0 Å². The summed E-state index contributed by atoms with van der Waals surface area (Å²) in [5.74, 6) is 0.00799. The number of hydrogen-bond acceptors (Lipinski definition) is 2. The average molecular weight is 348 g/mol. The second kappa shape index (κ2) is 8.00. The Hall–Kier alpha value is -2.88. The van der Waals surface area contributed by atoms with Gasteiger partial charge in [-0.15, -0.1) is 0 Å². The Bertz CT molecular complexity index is 797. The zero-order valence-electron chi connectivity index (χ0n) is 15.2. The molecular formula is C22H24N2O2. The second-order valence-electron chi connectivity index (χ2n) is 6.81. The van der Waals surface area contributed by atoms with Crippen molar-refractivity contribution in [1.82, 2.24) is 10.2 Å². The first-order valence-corrected chi connectivity index (χ1v) is 8.88. The standard InChI is InChI=1S/C22H24N2O2/c1-16-8-11-19(12-9-16)20-14-24(15-21(20)23-17(2)25)22(26)13-10-18-6-4-3-5-7-18/h3-13,20-21H,14-15H2,1-2H3,(H,23,25)/b13-10+/t20-,21+/m0/s1. The number of nitrogens with one attached hydrogen (secondary N) is 1. The number of rotatable bonds is 4. The van der Waals surface area contributed by atoms with Crippen molar-refractivity contribution in [3.8, 4) is 0 Å². The lowest BCUT2D eigenvalue weighted by molar-refractivity contribution is -0.125. The fourth-order valence-corrected chi connectivity index (χ4v) is 3.38. The first-order valence-electron chi connectivity index (χ1n) is 8.88. The fraction of sp³-hybridized carbons (Fsp3) is 0.273. The Morgan fingerprint density at radius 1 is 1.04 bits per heavy atom. The number of carbonyl (C=O) groups is 2. The molecule has 2 aromatic rings. The van der Waals surface area contributed by atoms with E-state index in [0.717, 1.165) is 11.1 Å². The van der Waals surface area contributed by atoms with Gasteiger partial charge in [0.25, 0.3) is 0 Å². The summed E-state index contributed by atoms with van der Waals surface area (Å²) in [7, 11) is 0. The van der Waals surface area contributed by atoms with Crippen molar-refractivity contribution in [1.29, 1.82) is 0 Å². The van der Waals surface area contributed by atoms with Crippen LogP contribution in [0.2, 0.25) is 0 Å². The highest BCUT2D eigenvalue weighted by molar-refractivity contribution is 5.92. The minimum atomic E-state index is -0.0683. The monoisotopic (exact) mass is 348 g/mol. The normalized spacial score (nSPS) is 19.7. The molecule has 0 radical (unpaired) electrons. The van der Waals surface area contributed by atoms with Crippen LogP contribution < -0.4 is 5.32 Å². The molecule has 1 aliphatic heterocycles. The average Bonchev–Trinajstić information content (AvgIpc) is 3.04. The molecule has 0 aliphatic carbocycles. The Morgan fingerprint density at radius 2 is 1.73 bits per heavy atom. The predicted molar refractivity (Wildman–Crippen MR) is 104 cm³/mol. The summed E-state index contributed by atoms with van der Waals surface area (Å²) in [4.78, 5) is 26.0. The summed E-state index contributed by atoms with van der Waals surface area (Å²) in [6.45, 7) is 4.70. The van der Waals surface area contributed by atoms with E-state index in [2.05, 4.69) is 29.6 Å². The summed E-state index contributed by atoms with van der Waals surface area (Å²) in [6.07, 6.45) is 3.44. The molecule has 1 aliphatic rings. The van der Waals surface area contributed by atoms with E-state index in [1.807, 2.05) is 48.2 Å². The highest BCUT2D eigenvalue weighted by atomic mass is 16.2. The van der Waals surface area contributed by atoms with Crippen LogP contribution in [0.4, 0.5) is 0 Å². The molecule has 0 spiro atoms. The molecule has 1 fully saturated rings. The summed E-state index contributed by atoms with van der Waals surface area (Å²) < 4.78 is 0. The van der Waals surface area contributed by atoms with Gasteiger partial charge in [-0.2, -0.15) is 0 Å². The minimum Gasteiger partial charge on any atom is -0.351 e. The molecule has 2 atom stereocenters. The van der Waals surface area contributed by atoms with E-state index in [4.69, 9.17) is 0 Å². The molecule has 134 valence electrons. The lowest BCUT2D eigenvalue weighted by atomic mass is 9.93. The quantitative estimate of drug-likeness (QED) is 0.863. The van der Waals surface area contributed by atoms with Crippen LogP contribution in [-0.4, -0.2) is 35.8 Å². The topological polar surface area (TPSA) is 49.4 Å². The second-order valence-corrected chi connectivity index (χ2v) is 6.81. The number of nitrogens with zero attached hydrogens (tertiary/aromatic N) is 1. The maximum Gasteiger partial charge on any atom is 0.246 e. The zero-order chi connectivity index (χ0) is 18.5.